The van der Waals surface area contributed by atoms with Crippen LogP contribution in [0.2, 0.25) is 0 Å². The predicted molar refractivity (Wildman–Crippen MR) is 124 cm³/mol. The van der Waals surface area contributed by atoms with E-state index in [0.29, 0.717) is 43.1 Å². The normalized spacial score (nSPS) is 20.1. The Hall–Kier alpha value is -3.87. The van der Waals surface area contributed by atoms with E-state index in [1.165, 1.54) is 18.3 Å². The molecule has 2 aliphatic heterocycles. The second-order valence-electron chi connectivity index (χ2n) is 9.03. The van der Waals surface area contributed by atoms with Gasteiger partial charge in [-0.1, -0.05) is 12.1 Å². The fraction of sp³-hybridized carbons (Fsp3) is 0.375. The fourth-order valence-corrected chi connectivity index (χ4v) is 4.69. The molecular formula is C24H24F4N6O3. The van der Waals surface area contributed by atoms with E-state index in [9.17, 15) is 22.4 Å². The largest absolute Gasteiger partial charge is 0.573 e. The fourth-order valence-electron chi connectivity index (χ4n) is 4.69. The Labute approximate surface area is 209 Å². The molecule has 1 spiro atoms. The van der Waals surface area contributed by atoms with Gasteiger partial charge in [-0.25, -0.2) is 14.2 Å². The number of rotatable bonds is 4. The maximum atomic E-state index is 13.2. The van der Waals surface area contributed by atoms with E-state index in [-0.39, 0.29) is 24.4 Å². The molecule has 0 aliphatic carbocycles. The van der Waals surface area contributed by atoms with Crippen LogP contribution in [0.25, 0.3) is 11.3 Å². The smallest absolute Gasteiger partial charge is 0.402 e. The van der Waals surface area contributed by atoms with Crippen molar-refractivity contribution in [1.29, 1.82) is 0 Å². The number of amides is 2. The highest BCUT2D eigenvalue weighted by atomic mass is 19.4. The maximum absolute atomic E-state index is 13.2. The third-order valence-corrected chi connectivity index (χ3v) is 6.56. The summed E-state index contributed by atoms with van der Waals surface area (Å²) < 4.78 is 63.3. The first-order chi connectivity index (χ1) is 17.5. The molecule has 0 saturated carbocycles. The third kappa shape index (κ3) is 5.03. The first-order valence-electron chi connectivity index (χ1n) is 11.6. The van der Waals surface area contributed by atoms with Crippen LogP contribution in [-0.2, 0) is 16.9 Å². The zero-order valence-corrected chi connectivity index (χ0v) is 19.8. The van der Waals surface area contributed by atoms with E-state index in [0.717, 1.165) is 11.6 Å². The number of nitrogens with zero attached hydrogens (tertiary/aromatic N) is 4. The topological polar surface area (TPSA) is 108 Å². The molecule has 2 unspecified atom stereocenters. The summed E-state index contributed by atoms with van der Waals surface area (Å²) >= 11 is 0. The molecular weight excluding hydrogens is 496 g/mol. The molecule has 3 N–H and O–H groups in total. The molecule has 2 aromatic heterocycles. The van der Waals surface area contributed by atoms with Crippen LogP contribution in [-0.4, -0.2) is 51.8 Å². The second kappa shape index (κ2) is 9.21. The van der Waals surface area contributed by atoms with Gasteiger partial charge in [0.2, 0.25) is 0 Å². The number of nitrogen functional groups attached to an aromatic ring is 1. The summed E-state index contributed by atoms with van der Waals surface area (Å²) in [5, 5.41) is 7.47. The zero-order chi connectivity index (χ0) is 26.4. The van der Waals surface area contributed by atoms with Crippen LogP contribution in [0.1, 0.15) is 30.6 Å². The van der Waals surface area contributed by atoms with Crippen LogP contribution in [0.15, 0.2) is 42.6 Å². The molecule has 0 bridgehead atoms. The number of aromatic nitrogens is 3. The number of hydrogen-bond acceptors (Lipinski definition) is 6. The van der Waals surface area contributed by atoms with Gasteiger partial charge in [0.05, 0.1) is 37.1 Å². The molecule has 5 rings (SSSR count). The van der Waals surface area contributed by atoms with Crippen molar-refractivity contribution in [2.45, 2.75) is 37.9 Å². The van der Waals surface area contributed by atoms with Gasteiger partial charge in [0.1, 0.15) is 11.4 Å². The molecule has 9 nitrogen and oxygen atoms in total. The van der Waals surface area contributed by atoms with Gasteiger partial charge in [-0.15, -0.1) is 13.2 Å². The summed E-state index contributed by atoms with van der Waals surface area (Å²) in [6.07, 6.45) is -3.08. The SMILES string of the molecule is CC(NC(=O)N1CCC2(C1)OCCn1nc(-c3cnc(N)c(OC(F)(F)F)c3)cc12)c1ccc(F)cc1. The predicted octanol–water partition coefficient (Wildman–Crippen LogP) is 3.97. The van der Waals surface area contributed by atoms with Gasteiger partial charge in [-0.2, -0.15) is 5.10 Å². The van der Waals surface area contributed by atoms with E-state index >= 15 is 0 Å². The molecule has 0 radical (unpaired) electrons. The minimum Gasteiger partial charge on any atom is -0.402 e. The van der Waals surface area contributed by atoms with Crippen LogP contribution in [0.3, 0.4) is 0 Å². The molecule has 2 amide bonds. The van der Waals surface area contributed by atoms with Gasteiger partial charge in [0, 0.05) is 24.7 Å². The number of fused-ring (bicyclic) bond motifs is 2. The Balaban J connectivity index is 1.34. The average Bonchev–Trinajstić information content (AvgIpc) is 3.46. The molecule has 1 saturated heterocycles. The highest BCUT2D eigenvalue weighted by Gasteiger charge is 2.47. The Bertz CT molecular complexity index is 1310. The lowest BCUT2D eigenvalue weighted by molar-refractivity contribution is -0.274. The lowest BCUT2D eigenvalue weighted by Gasteiger charge is -2.34. The highest BCUT2D eigenvalue weighted by molar-refractivity contribution is 5.75. The van der Waals surface area contributed by atoms with Crippen LogP contribution in [0.5, 0.6) is 5.75 Å². The van der Waals surface area contributed by atoms with E-state index in [1.807, 2.05) is 6.92 Å². The second-order valence-corrected chi connectivity index (χ2v) is 9.03. The number of anilines is 1. The van der Waals surface area contributed by atoms with Crippen molar-refractivity contribution in [3.8, 4) is 17.0 Å². The van der Waals surface area contributed by atoms with Crippen molar-refractivity contribution >= 4 is 11.8 Å². The van der Waals surface area contributed by atoms with Gasteiger partial charge < -0.3 is 25.4 Å². The Kier molecular flexibility index (Phi) is 6.18. The third-order valence-electron chi connectivity index (χ3n) is 6.56. The van der Waals surface area contributed by atoms with Gasteiger partial charge in [-0.05, 0) is 36.8 Å². The number of nitrogens with two attached hydrogens (primary N) is 1. The maximum Gasteiger partial charge on any atom is 0.573 e. The number of pyridine rings is 1. The zero-order valence-electron chi connectivity index (χ0n) is 19.8. The van der Waals surface area contributed by atoms with E-state index in [4.69, 9.17) is 10.5 Å². The van der Waals surface area contributed by atoms with Crippen molar-refractivity contribution in [2.75, 3.05) is 25.4 Å². The number of urea groups is 1. The van der Waals surface area contributed by atoms with Crippen LogP contribution < -0.4 is 15.8 Å². The molecule has 196 valence electrons. The van der Waals surface area contributed by atoms with Crippen molar-refractivity contribution in [1.82, 2.24) is 25.0 Å². The summed E-state index contributed by atoms with van der Waals surface area (Å²) in [5.41, 5.74) is 6.90. The van der Waals surface area contributed by atoms with Crippen LogP contribution >= 0.6 is 0 Å². The summed E-state index contributed by atoms with van der Waals surface area (Å²) in [4.78, 5) is 18.4. The van der Waals surface area contributed by atoms with Gasteiger partial charge >= 0.3 is 12.4 Å². The van der Waals surface area contributed by atoms with Gasteiger partial charge in [-0.3, -0.25) is 4.68 Å². The number of benzene rings is 1. The Morgan fingerprint density at radius 1 is 1.24 bits per heavy atom. The number of halogens is 4. The van der Waals surface area contributed by atoms with E-state index in [2.05, 4.69) is 20.1 Å². The number of ether oxygens (including phenoxy) is 2. The van der Waals surface area contributed by atoms with Crippen molar-refractivity contribution < 1.29 is 31.8 Å². The Morgan fingerprint density at radius 2 is 2.00 bits per heavy atom. The number of nitrogens with one attached hydrogen (secondary N) is 1. The summed E-state index contributed by atoms with van der Waals surface area (Å²) in [6.45, 7) is 3.31. The molecule has 13 heteroatoms. The van der Waals surface area contributed by atoms with Gasteiger partial charge in [0.25, 0.3) is 0 Å². The number of alkyl halides is 3. The number of likely N-dealkylation sites (tertiary alicyclic amines) is 1. The summed E-state index contributed by atoms with van der Waals surface area (Å²) in [6, 6.07) is 8.17. The summed E-state index contributed by atoms with van der Waals surface area (Å²) in [7, 11) is 0. The summed E-state index contributed by atoms with van der Waals surface area (Å²) in [5.74, 6) is -1.36. The minimum atomic E-state index is -4.91. The number of hydrogen-bond donors (Lipinski definition) is 2. The molecule has 3 aromatic rings. The quantitative estimate of drug-likeness (QED) is 0.505. The Morgan fingerprint density at radius 3 is 2.73 bits per heavy atom. The molecule has 2 atom stereocenters. The van der Waals surface area contributed by atoms with Crippen molar-refractivity contribution in [3.05, 3.63) is 59.7 Å². The van der Waals surface area contributed by atoms with Gasteiger partial charge in [0.15, 0.2) is 11.6 Å². The van der Waals surface area contributed by atoms with E-state index in [1.54, 1.807) is 27.8 Å². The van der Waals surface area contributed by atoms with Crippen molar-refractivity contribution in [3.63, 3.8) is 0 Å². The van der Waals surface area contributed by atoms with Crippen LogP contribution in [0.4, 0.5) is 28.2 Å². The minimum absolute atomic E-state index is 0.266. The monoisotopic (exact) mass is 520 g/mol. The lowest BCUT2D eigenvalue weighted by atomic mass is 9.96. The molecule has 1 fully saturated rings. The first-order valence-corrected chi connectivity index (χ1v) is 11.6. The average molecular weight is 520 g/mol. The number of carbonyl (C=O) groups excluding carboxylic acids is 1. The lowest BCUT2D eigenvalue weighted by Crippen LogP contribution is -2.44. The molecule has 1 aromatic carbocycles. The van der Waals surface area contributed by atoms with E-state index < -0.39 is 23.5 Å². The first kappa shape index (κ1) is 24.8. The van der Waals surface area contributed by atoms with Crippen LogP contribution in [0, 0.1) is 5.82 Å². The molecule has 37 heavy (non-hydrogen) atoms. The highest BCUT2D eigenvalue weighted by Crippen LogP contribution is 2.40. The molecule has 2 aliphatic rings. The van der Waals surface area contributed by atoms with Crippen molar-refractivity contribution in [2.24, 2.45) is 0 Å². The number of carbonyl (C=O) groups is 1. The standard InChI is InChI=1S/C24H24F4N6O3/c1-14(15-2-4-17(25)5-3-15)31-22(35)33-7-6-23(13-33)20-11-18(32-34(20)8-9-36-23)16-10-19(21(29)30-12-16)37-24(26,27)28/h2-5,10-12,14H,6-9,13H2,1H3,(H2,29,30)(H,31,35). The molecule has 4 heterocycles.